The second-order valence-electron chi connectivity index (χ2n) is 15.4. The number of ketones is 1. The van der Waals surface area contributed by atoms with Crippen LogP contribution in [0.3, 0.4) is 0 Å². The maximum Gasteiger partial charge on any atom is 0.417 e. The van der Waals surface area contributed by atoms with Crippen molar-refractivity contribution in [2.75, 3.05) is 19.6 Å². The number of piperazine rings is 1. The number of sulfonamides is 1. The van der Waals surface area contributed by atoms with Gasteiger partial charge in [-0.3, -0.25) is 9.69 Å². The Kier molecular flexibility index (Phi) is 7.92. The lowest BCUT2D eigenvalue weighted by atomic mass is 9.44. The zero-order valence-electron chi connectivity index (χ0n) is 26.2. The summed E-state index contributed by atoms with van der Waals surface area (Å²) >= 11 is 0. The van der Waals surface area contributed by atoms with Gasteiger partial charge in [0.25, 0.3) is 0 Å². The first kappa shape index (κ1) is 32.4. The number of nitrogens with zero attached hydrogens (tertiary/aromatic N) is 2. The number of aliphatic hydroxyl groups excluding tert-OH is 1. The average molecular weight is 641 g/mol. The molecule has 5 aliphatic rings. The van der Waals surface area contributed by atoms with Gasteiger partial charge in [-0.25, -0.2) is 8.42 Å². The minimum Gasteiger partial charge on any atom is -0.389 e. The number of hydrogen-bond donors (Lipinski definition) is 2. The van der Waals surface area contributed by atoms with Gasteiger partial charge in [0, 0.05) is 37.1 Å². The van der Waals surface area contributed by atoms with Crippen LogP contribution in [0, 0.1) is 34.5 Å². The van der Waals surface area contributed by atoms with Crippen molar-refractivity contribution in [2.24, 2.45) is 34.5 Å². The molecule has 246 valence electrons. The third kappa shape index (κ3) is 5.07. The van der Waals surface area contributed by atoms with Gasteiger partial charge in [-0.15, -0.1) is 0 Å². The van der Waals surface area contributed by atoms with E-state index >= 15 is 0 Å². The first-order valence-corrected chi connectivity index (χ1v) is 17.7. The molecular weight excluding hydrogens is 593 g/mol. The molecule has 1 aliphatic heterocycles. The summed E-state index contributed by atoms with van der Waals surface area (Å²) in [5.74, 6) is 1.46. The van der Waals surface area contributed by atoms with E-state index in [1.165, 1.54) is 16.4 Å². The van der Waals surface area contributed by atoms with Gasteiger partial charge in [-0.05, 0) is 106 Å². The Morgan fingerprint density at radius 3 is 2.39 bits per heavy atom. The fourth-order valence-electron chi connectivity index (χ4n) is 10.4. The van der Waals surface area contributed by atoms with E-state index in [9.17, 15) is 36.6 Å². The van der Waals surface area contributed by atoms with Crippen LogP contribution in [0.5, 0.6) is 0 Å². The van der Waals surface area contributed by atoms with E-state index in [1.54, 1.807) is 6.92 Å². The lowest BCUT2D eigenvalue weighted by Gasteiger charge is -2.61. The zero-order valence-corrected chi connectivity index (χ0v) is 27.0. The number of carbonyl (C=O) groups is 1. The molecule has 6 rings (SSSR count). The summed E-state index contributed by atoms with van der Waals surface area (Å²) in [7, 11) is -4.40. The van der Waals surface area contributed by atoms with Crippen molar-refractivity contribution in [2.45, 2.75) is 114 Å². The summed E-state index contributed by atoms with van der Waals surface area (Å²) in [6.07, 6.45) is 0.887. The van der Waals surface area contributed by atoms with Gasteiger partial charge >= 0.3 is 6.18 Å². The van der Waals surface area contributed by atoms with E-state index in [1.807, 2.05) is 6.92 Å². The quantitative estimate of drug-likeness (QED) is 0.476. The second-order valence-corrected chi connectivity index (χ2v) is 17.2. The molecule has 2 N–H and O–H groups in total. The lowest BCUT2D eigenvalue weighted by molar-refractivity contribution is -0.159. The largest absolute Gasteiger partial charge is 0.417 e. The highest BCUT2D eigenvalue weighted by molar-refractivity contribution is 7.89. The highest BCUT2D eigenvalue weighted by atomic mass is 32.2. The van der Waals surface area contributed by atoms with Crippen molar-refractivity contribution in [1.82, 2.24) is 9.21 Å². The molecule has 1 saturated heterocycles. The highest BCUT2D eigenvalue weighted by Gasteiger charge is 2.63. The van der Waals surface area contributed by atoms with Crippen molar-refractivity contribution in [3.63, 3.8) is 0 Å². The lowest BCUT2D eigenvalue weighted by Crippen LogP contribution is -2.62. The first-order chi connectivity index (χ1) is 20.4. The number of carbonyl (C=O) groups excluding carboxylic acids is 1. The molecule has 44 heavy (non-hydrogen) atoms. The molecule has 0 aromatic heterocycles. The smallest absolute Gasteiger partial charge is 0.389 e. The van der Waals surface area contributed by atoms with Crippen LogP contribution < -0.4 is 0 Å². The molecule has 4 saturated carbocycles. The van der Waals surface area contributed by atoms with Gasteiger partial charge in [-0.1, -0.05) is 26.0 Å². The number of fused-ring (bicyclic) bond motifs is 5. The topological polar surface area (TPSA) is 98.2 Å². The van der Waals surface area contributed by atoms with E-state index in [2.05, 4.69) is 18.7 Å². The number of benzene rings is 1. The van der Waals surface area contributed by atoms with Crippen LogP contribution in [-0.4, -0.2) is 77.0 Å². The summed E-state index contributed by atoms with van der Waals surface area (Å²) in [4.78, 5) is 14.2. The summed E-state index contributed by atoms with van der Waals surface area (Å²) < 4.78 is 69.3. The Balaban J connectivity index is 1.14. The van der Waals surface area contributed by atoms with E-state index < -0.39 is 49.8 Å². The van der Waals surface area contributed by atoms with Gasteiger partial charge < -0.3 is 10.2 Å². The monoisotopic (exact) mass is 640 g/mol. The SMILES string of the molecule is CC1CN(S(=O)(=O)c2ccccc2C(F)(F)F)C(C)CN1C[C@@]1(O)CC[C@@]2(C)[C@@H](CC[C@@H]3[C@@H]2CC[C@]2(C)C(=O)[C@H](O)C[C@@H]32)C1. The number of hydrogen-bond acceptors (Lipinski definition) is 6. The second kappa shape index (κ2) is 10.8. The van der Waals surface area contributed by atoms with Crippen LogP contribution in [0.2, 0.25) is 0 Å². The fourth-order valence-corrected chi connectivity index (χ4v) is 12.3. The number of aliphatic hydroxyl groups is 2. The van der Waals surface area contributed by atoms with Crippen molar-refractivity contribution in [3.8, 4) is 0 Å². The van der Waals surface area contributed by atoms with Crippen LogP contribution in [0.25, 0.3) is 0 Å². The molecule has 0 spiro atoms. The molecule has 11 heteroatoms. The molecule has 0 amide bonds. The Labute approximate surface area is 259 Å². The molecule has 1 aromatic rings. The Morgan fingerprint density at radius 2 is 1.68 bits per heavy atom. The number of β-amino-alcohol motifs (C(OH)–C–C–N with tert-alkyl or cyclic N) is 1. The van der Waals surface area contributed by atoms with Crippen LogP contribution in [0.4, 0.5) is 13.2 Å². The average Bonchev–Trinajstić information content (AvgIpc) is 3.18. The van der Waals surface area contributed by atoms with Crippen LogP contribution in [0.1, 0.15) is 84.6 Å². The van der Waals surface area contributed by atoms with E-state index in [4.69, 9.17) is 0 Å². The molecule has 5 fully saturated rings. The zero-order chi connectivity index (χ0) is 32.0. The highest BCUT2D eigenvalue weighted by Crippen LogP contribution is 2.66. The molecule has 10 atom stereocenters. The normalized spacial score (nSPS) is 43.8. The van der Waals surface area contributed by atoms with Crippen LogP contribution in [-0.2, 0) is 21.0 Å². The minimum atomic E-state index is -4.79. The summed E-state index contributed by atoms with van der Waals surface area (Å²) in [6.45, 7) is 8.79. The molecule has 1 aromatic carbocycles. The molecule has 7 nitrogen and oxygen atoms in total. The number of Topliss-reactive ketones (excluding diaryl/α,β-unsaturated/α-hetero) is 1. The number of rotatable bonds is 4. The predicted octanol–water partition coefficient (Wildman–Crippen LogP) is 5.10. The number of alkyl halides is 3. The van der Waals surface area contributed by atoms with Crippen molar-refractivity contribution in [1.29, 1.82) is 0 Å². The number of halogens is 3. The van der Waals surface area contributed by atoms with Crippen LogP contribution >= 0.6 is 0 Å². The predicted molar refractivity (Wildman–Crippen MR) is 159 cm³/mol. The van der Waals surface area contributed by atoms with E-state index in [0.29, 0.717) is 50.1 Å². The summed E-state index contributed by atoms with van der Waals surface area (Å²) in [5, 5.41) is 22.4. The van der Waals surface area contributed by atoms with E-state index in [0.717, 1.165) is 44.2 Å². The summed E-state index contributed by atoms with van der Waals surface area (Å²) in [6, 6.07) is 3.49. The minimum absolute atomic E-state index is 0.0204. The van der Waals surface area contributed by atoms with Crippen LogP contribution in [0.15, 0.2) is 29.2 Å². The fraction of sp³-hybridized carbons (Fsp3) is 0.788. The van der Waals surface area contributed by atoms with Crippen molar-refractivity contribution in [3.05, 3.63) is 29.8 Å². The van der Waals surface area contributed by atoms with Gasteiger partial charge in [0.15, 0.2) is 5.78 Å². The molecular formula is C33H47F3N2O5S. The maximum absolute atomic E-state index is 13.7. The van der Waals surface area contributed by atoms with Gasteiger partial charge in [-0.2, -0.15) is 17.5 Å². The molecule has 4 aliphatic carbocycles. The molecule has 1 heterocycles. The maximum atomic E-state index is 13.7. The van der Waals surface area contributed by atoms with Crippen molar-refractivity contribution < 1.29 is 36.6 Å². The van der Waals surface area contributed by atoms with Gasteiger partial charge in [0.05, 0.1) is 16.1 Å². The molecule has 2 unspecified atom stereocenters. The Bertz CT molecular complexity index is 1410. The van der Waals surface area contributed by atoms with Gasteiger partial charge in [0.2, 0.25) is 10.0 Å². The third-order valence-corrected chi connectivity index (χ3v) is 14.9. The first-order valence-electron chi connectivity index (χ1n) is 16.3. The Morgan fingerprint density at radius 1 is 0.977 bits per heavy atom. The molecule has 0 bridgehead atoms. The van der Waals surface area contributed by atoms with Gasteiger partial charge in [0.1, 0.15) is 6.10 Å². The standard InChI is InChI=1S/C33H47F3N2O5S/c1-20-18-38(44(42,43)28-8-6-5-7-25(28)33(34,35)36)21(2)17-37(20)19-32(41)14-13-30(3)22(16-32)9-10-23-24(30)11-12-31(4)26(23)15-27(39)29(31)40/h5-8,20-24,26-27,39,41H,9-19H2,1-4H3/t20?,21?,22-,23+,24-,26-,27+,30-,31-,32+/m0/s1. The Hall–Kier alpha value is -1.53. The molecule has 0 radical (unpaired) electrons. The third-order valence-electron chi connectivity index (χ3n) is 12.9. The van der Waals surface area contributed by atoms with E-state index in [-0.39, 0.29) is 29.7 Å². The van der Waals surface area contributed by atoms with Crippen molar-refractivity contribution >= 4 is 15.8 Å². The summed E-state index contributed by atoms with van der Waals surface area (Å²) in [5.41, 5.74) is -2.45.